The Hall–Kier alpha value is -2.49. The molecular formula is C21H28O4. The van der Waals surface area contributed by atoms with Crippen LogP contribution in [-0.4, -0.2) is 24.3 Å². The van der Waals surface area contributed by atoms with Gasteiger partial charge in [-0.1, -0.05) is 25.6 Å². The first-order valence-corrected chi connectivity index (χ1v) is 8.50. The monoisotopic (exact) mass is 344 g/mol. The van der Waals surface area contributed by atoms with Crippen molar-refractivity contribution in [1.29, 1.82) is 0 Å². The van der Waals surface area contributed by atoms with E-state index in [1.54, 1.807) is 18.2 Å². The Labute approximate surface area is 150 Å². The summed E-state index contributed by atoms with van der Waals surface area (Å²) >= 11 is 0. The summed E-state index contributed by atoms with van der Waals surface area (Å²) in [6.45, 7) is 14.9. The second kappa shape index (κ2) is 9.72. The Kier molecular flexibility index (Phi) is 7.99. The van der Waals surface area contributed by atoms with Gasteiger partial charge in [-0.25, -0.2) is 4.79 Å². The maximum Gasteiger partial charge on any atom is 0.335 e. The van der Waals surface area contributed by atoms with Crippen molar-refractivity contribution in [1.82, 2.24) is 0 Å². The van der Waals surface area contributed by atoms with Crippen LogP contribution in [0.15, 0.2) is 47.8 Å². The van der Waals surface area contributed by atoms with Crippen LogP contribution in [-0.2, 0) is 4.74 Å². The van der Waals surface area contributed by atoms with Crippen LogP contribution in [0.2, 0.25) is 0 Å². The molecule has 0 aliphatic heterocycles. The Morgan fingerprint density at radius 3 is 2.44 bits per heavy atom. The van der Waals surface area contributed by atoms with Crippen LogP contribution < -0.4 is 4.74 Å². The van der Waals surface area contributed by atoms with Gasteiger partial charge >= 0.3 is 5.97 Å². The molecule has 0 fully saturated rings. The maximum absolute atomic E-state index is 11.2. The minimum Gasteiger partial charge on any atom is -0.493 e. The molecule has 1 aromatic rings. The molecule has 0 heterocycles. The number of carboxylic acids is 1. The average Bonchev–Trinajstić information content (AvgIpc) is 2.54. The fourth-order valence-corrected chi connectivity index (χ4v) is 2.50. The number of hydrogen-bond donors (Lipinski definition) is 1. The first-order valence-electron chi connectivity index (χ1n) is 8.50. The fourth-order valence-electron chi connectivity index (χ4n) is 2.50. The number of carbonyl (C=O) groups is 1. The second-order valence-electron chi connectivity index (χ2n) is 5.92. The number of ether oxygens (including phenoxy) is 2. The number of hydrogen-bond acceptors (Lipinski definition) is 3. The van der Waals surface area contributed by atoms with Gasteiger partial charge in [-0.15, -0.1) is 0 Å². The highest BCUT2D eigenvalue weighted by Crippen LogP contribution is 2.29. The molecule has 0 saturated heterocycles. The molecule has 0 aromatic heterocycles. The summed E-state index contributed by atoms with van der Waals surface area (Å²) in [4.78, 5) is 11.2. The van der Waals surface area contributed by atoms with E-state index in [1.807, 2.05) is 33.8 Å². The Morgan fingerprint density at radius 2 is 1.92 bits per heavy atom. The molecule has 1 N–H and O–H groups in total. The third-order valence-electron chi connectivity index (χ3n) is 3.58. The zero-order valence-electron chi connectivity index (χ0n) is 15.8. The van der Waals surface area contributed by atoms with Gasteiger partial charge in [0.15, 0.2) is 0 Å². The third-order valence-corrected chi connectivity index (χ3v) is 3.58. The van der Waals surface area contributed by atoms with E-state index in [4.69, 9.17) is 14.6 Å². The highest BCUT2D eigenvalue weighted by Gasteiger charge is 2.12. The second-order valence-corrected chi connectivity index (χ2v) is 5.92. The first-order chi connectivity index (χ1) is 11.8. The predicted molar refractivity (Wildman–Crippen MR) is 102 cm³/mol. The van der Waals surface area contributed by atoms with Gasteiger partial charge in [-0.2, -0.15) is 0 Å². The molecule has 0 spiro atoms. The molecular weight excluding hydrogens is 316 g/mol. The molecule has 0 bridgehead atoms. The molecule has 0 aliphatic carbocycles. The number of benzene rings is 1. The van der Waals surface area contributed by atoms with Crippen LogP contribution in [0.3, 0.4) is 0 Å². The Bertz CT molecular complexity index is 696. The van der Waals surface area contributed by atoms with Gasteiger partial charge in [-0.3, -0.25) is 0 Å². The molecule has 0 unspecified atom stereocenters. The van der Waals surface area contributed by atoms with E-state index in [1.165, 1.54) is 0 Å². The van der Waals surface area contributed by atoms with E-state index < -0.39 is 5.97 Å². The van der Waals surface area contributed by atoms with Gasteiger partial charge in [0.1, 0.15) is 11.5 Å². The molecule has 1 rings (SSSR count). The van der Waals surface area contributed by atoms with Gasteiger partial charge in [0, 0.05) is 5.56 Å². The molecule has 0 aliphatic rings. The zero-order chi connectivity index (χ0) is 19.0. The molecule has 1 aromatic carbocycles. The molecule has 4 nitrogen and oxygen atoms in total. The van der Waals surface area contributed by atoms with Crippen LogP contribution in [0.4, 0.5) is 0 Å². The fraction of sp³-hybridized carbons (Fsp3) is 0.381. The van der Waals surface area contributed by atoms with Crippen molar-refractivity contribution in [3.8, 4) is 5.75 Å². The van der Waals surface area contributed by atoms with Crippen LogP contribution in [0.5, 0.6) is 5.75 Å². The van der Waals surface area contributed by atoms with Crippen molar-refractivity contribution < 1.29 is 19.4 Å². The summed E-state index contributed by atoms with van der Waals surface area (Å²) in [6.07, 6.45) is 2.94. The minimum absolute atomic E-state index is 0.209. The minimum atomic E-state index is -0.970. The highest BCUT2D eigenvalue weighted by atomic mass is 16.5. The lowest BCUT2D eigenvalue weighted by Gasteiger charge is -2.14. The summed E-state index contributed by atoms with van der Waals surface area (Å²) in [5.41, 5.74) is 3.89. The van der Waals surface area contributed by atoms with Crippen molar-refractivity contribution in [2.45, 2.75) is 41.0 Å². The quantitative estimate of drug-likeness (QED) is 0.477. The summed E-state index contributed by atoms with van der Waals surface area (Å²) in [7, 11) is 0. The molecule has 136 valence electrons. The van der Waals surface area contributed by atoms with Gasteiger partial charge in [0.05, 0.1) is 18.8 Å². The summed E-state index contributed by atoms with van der Waals surface area (Å²) in [6, 6.07) is 4.93. The third kappa shape index (κ3) is 5.82. The SMILES string of the molecule is C=C(C)/C(OCCC)=C(C)\C=C(/C)c1ccc(C(=O)O)cc1OCC. The summed E-state index contributed by atoms with van der Waals surface area (Å²) < 4.78 is 11.4. The molecule has 4 heteroatoms. The molecule has 0 radical (unpaired) electrons. The summed E-state index contributed by atoms with van der Waals surface area (Å²) in [5.74, 6) is 0.388. The molecule has 25 heavy (non-hydrogen) atoms. The van der Waals surface area contributed by atoms with Crippen LogP contribution in [0, 0.1) is 0 Å². The van der Waals surface area contributed by atoms with E-state index in [-0.39, 0.29) is 5.56 Å². The number of aromatic carboxylic acids is 1. The van der Waals surface area contributed by atoms with Gasteiger partial charge in [0.25, 0.3) is 0 Å². The number of allylic oxidation sites excluding steroid dienone is 4. The molecule has 0 atom stereocenters. The van der Waals surface area contributed by atoms with Gasteiger partial charge < -0.3 is 14.6 Å². The maximum atomic E-state index is 11.2. The van der Waals surface area contributed by atoms with Gasteiger partial charge in [0.2, 0.25) is 0 Å². The number of carboxylic acid groups (broad SMARTS) is 1. The van der Waals surface area contributed by atoms with Gasteiger partial charge in [-0.05, 0) is 63.0 Å². The average molecular weight is 344 g/mol. The smallest absolute Gasteiger partial charge is 0.335 e. The van der Waals surface area contributed by atoms with Crippen molar-refractivity contribution >= 4 is 11.5 Å². The van der Waals surface area contributed by atoms with E-state index in [2.05, 4.69) is 13.5 Å². The lowest BCUT2D eigenvalue weighted by atomic mass is 10.0. The van der Waals surface area contributed by atoms with Crippen molar-refractivity contribution in [2.24, 2.45) is 0 Å². The molecule has 0 amide bonds. The van der Waals surface area contributed by atoms with Crippen molar-refractivity contribution in [3.05, 3.63) is 58.9 Å². The van der Waals surface area contributed by atoms with Crippen LogP contribution >= 0.6 is 0 Å². The zero-order valence-corrected chi connectivity index (χ0v) is 15.8. The van der Waals surface area contributed by atoms with Crippen LogP contribution in [0.1, 0.15) is 57.0 Å². The lowest BCUT2D eigenvalue weighted by molar-refractivity contribution is 0.0696. The van der Waals surface area contributed by atoms with E-state index in [0.717, 1.165) is 34.5 Å². The first kappa shape index (κ1) is 20.6. The van der Waals surface area contributed by atoms with Crippen molar-refractivity contribution in [3.63, 3.8) is 0 Å². The topological polar surface area (TPSA) is 55.8 Å². The Morgan fingerprint density at radius 1 is 1.24 bits per heavy atom. The normalized spacial score (nSPS) is 12.4. The van der Waals surface area contributed by atoms with E-state index in [0.29, 0.717) is 19.0 Å². The number of rotatable bonds is 9. The largest absolute Gasteiger partial charge is 0.493 e. The standard InChI is InChI=1S/C21H28O4/c1-7-11-25-20(14(3)4)16(6)12-15(5)18-10-9-17(21(22)23)13-19(18)24-8-2/h9-10,12-13H,3,7-8,11H2,1-2,4-6H3,(H,22,23)/b15-12+,20-16+. The predicted octanol–water partition coefficient (Wildman–Crippen LogP) is 5.46. The Balaban J connectivity index is 3.31. The van der Waals surface area contributed by atoms with Crippen LogP contribution in [0.25, 0.3) is 5.57 Å². The summed E-state index contributed by atoms with van der Waals surface area (Å²) in [5, 5.41) is 9.16. The van der Waals surface area contributed by atoms with Crippen molar-refractivity contribution in [2.75, 3.05) is 13.2 Å². The van der Waals surface area contributed by atoms with E-state index in [9.17, 15) is 4.79 Å². The molecule has 0 saturated carbocycles. The lowest BCUT2D eigenvalue weighted by Crippen LogP contribution is -2.01. The van der Waals surface area contributed by atoms with E-state index >= 15 is 0 Å². The highest BCUT2D eigenvalue weighted by molar-refractivity contribution is 5.89.